The van der Waals surface area contributed by atoms with Crippen molar-refractivity contribution in [3.8, 4) is 0 Å². The van der Waals surface area contributed by atoms with E-state index in [1.807, 2.05) is 0 Å². The van der Waals surface area contributed by atoms with E-state index in [0.717, 1.165) is 12.1 Å². The highest BCUT2D eigenvalue weighted by molar-refractivity contribution is 7.89. The molecule has 6 heteroatoms. The van der Waals surface area contributed by atoms with E-state index in [-0.39, 0.29) is 10.9 Å². The highest BCUT2D eigenvalue weighted by Crippen LogP contribution is 2.19. The Morgan fingerprint density at radius 3 is 2.35 bits per heavy atom. The van der Waals surface area contributed by atoms with E-state index < -0.39 is 10.0 Å². The summed E-state index contributed by atoms with van der Waals surface area (Å²) in [5.41, 5.74) is 0.887. The molecule has 1 aromatic carbocycles. The first kappa shape index (κ1) is 15.0. The van der Waals surface area contributed by atoms with Crippen LogP contribution in [0.4, 0.5) is 5.69 Å². The lowest BCUT2D eigenvalue weighted by atomic mass is 10.2. The molecule has 1 aromatic heterocycles. The summed E-state index contributed by atoms with van der Waals surface area (Å²) in [6.45, 7) is 4.20. The molecule has 108 valence electrons. The number of nitrogens with one attached hydrogen (secondary N) is 1. The highest BCUT2D eigenvalue weighted by atomic mass is 32.2. The van der Waals surface area contributed by atoms with Crippen LogP contribution >= 0.6 is 11.3 Å². The first-order valence-corrected chi connectivity index (χ1v) is 8.65. The molecule has 0 saturated heterocycles. The number of primary sulfonamides is 1. The topological polar surface area (TPSA) is 72.2 Å². The summed E-state index contributed by atoms with van der Waals surface area (Å²) in [5, 5.41) is 8.42. The molecule has 0 fully saturated rings. The van der Waals surface area contributed by atoms with Gasteiger partial charge in [0, 0.05) is 27.9 Å². The van der Waals surface area contributed by atoms with Crippen LogP contribution in [0.25, 0.3) is 0 Å². The Kier molecular flexibility index (Phi) is 4.47. The molecule has 1 heterocycles. The smallest absolute Gasteiger partial charge is 0.238 e. The fourth-order valence-corrected chi connectivity index (χ4v) is 3.51. The summed E-state index contributed by atoms with van der Waals surface area (Å²) < 4.78 is 22.3. The van der Waals surface area contributed by atoms with Crippen molar-refractivity contribution in [2.45, 2.75) is 31.2 Å². The normalized spacial score (nSPS) is 13.2. The molecule has 0 radical (unpaired) electrons. The van der Waals surface area contributed by atoms with Gasteiger partial charge in [0.15, 0.2) is 0 Å². The van der Waals surface area contributed by atoms with Crippen molar-refractivity contribution in [1.29, 1.82) is 0 Å². The summed E-state index contributed by atoms with van der Waals surface area (Å²) in [5.74, 6) is 0. The number of nitrogens with two attached hydrogens (primary N) is 1. The van der Waals surface area contributed by atoms with Crippen molar-refractivity contribution in [2.24, 2.45) is 5.14 Å². The zero-order valence-corrected chi connectivity index (χ0v) is 13.1. The average molecular weight is 310 g/mol. The number of aryl methyl sites for hydroxylation is 1. The SMILES string of the molecule is Cc1ccc(CC(C)Nc2ccc(S(N)(=O)=O)cc2)s1. The minimum Gasteiger partial charge on any atom is -0.382 e. The average Bonchev–Trinajstić information content (AvgIpc) is 2.74. The lowest BCUT2D eigenvalue weighted by Gasteiger charge is -2.14. The maximum Gasteiger partial charge on any atom is 0.238 e. The molecule has 2 aromatic rings. The van der Waals surface area contributed by atoms with E-state index in [9.17, 15) is 8.42 Å². The molecular formula is C14H18N2O2S2. The highest BCUT2D eigenvalue weighted by Gasteiger charge is 2.08. The van der Waals surface area contributed by atoms with Crippen molar-refractivity contribution in [2.75, 3.05) is 5.32 Å². The van der Waals surface area contributed by atoms with E-state index in [1.165, 1.54) is 21.9 Å². The molecule has 0 amide bonds. The largest absolute Gasteiger partial charge is 0.382 e. The minimum absolute atomic E-state index is 0.129. The first-order chi connectivity index (χ1) is 9.34. The molecule has 3 N–H and O–H groups in total. The lowest BCUT2D eigenvalue weighted by molar-refractivity contribution is 0.598. The van der Waals surface area contributed by atoms with E-state index in [0.29, 0.717) is 0 Å². The van der Waals surface area contributed by atoms with Crippen LogP contribution in [-0.2, 0) is 16.4 Å². The van der Waals surface area contributed by atoms with Crippen molar-refractivity contribution in [3.05, 3.63) is 46.2 Å². The van der Waals surface area contributed by atoms with Crippen molar-refractivity contribution in [3.63, 3.8) is 0 Å². The Hall–Kier alpha value is -1.37. The van der Waals surface area contributed by atoms with Gasteiger partial charge in [-0.1, -0.05) is 0 Å². The van der Waals surface area contributed by atoms with Crippen LogP contribution in [0.15, 0.2) is 41.3 Å². The number of benzene rings is 1. The van der Waals surface area contributed by atoms with Gasteiger partial charge < -0.3 is 5.32 Å². The molecule has 1 unspecified atom stereocenters. The van der Waals surface area contributed by atoms with Gasteiger partial charge in [-0.05, 0) is 50.2 Å². The fourth-order valence-electron chi connectivity index (χ4n) is 1.97. The molecule has 0 aliphatic carbocycles. The number of anilines is 1. The third-order valence-corrected chi connectivity index (χ3v) is 4.85. The summed E-state index contributed by atoms with van der Waals surface area (Å²) in [7, 11) is -3.62. The van der Waals surface area contributed by atoms with Crippen LogP contribution in [0.1, 0.15) is 16.7 Å². The Morgan fingerprint density at radius 2 is 1.85 bits per heavy atom. The first-order valence-electron chi connectivity index (χ1n) is 6.29. The van der Waals surface area contributed by atoms with E-state index in [2.05, 4.69) is 31.3 Å². The third kappa shape index (κ3) is 4.06. The Bertz CT molecular complexity index is 675. The minimum atomic E-state index is -3.62. The summed E-state index contributed by atoms with van der Waals surface area (Å²) in [6, 6.07) is 11.0. The van der Waals surface area contributed by atoms with Gasteiger partial charge in [0.25, 0.3) is 0 Å². The molecule has 0 spiro atoms. The van der Waals surface area contributed by atoms with Crippen LogP contribution in [0.2, 0.25) is 0 Å². The summed E-state index contributed by atoms with van der Waals surface area (Å²) in [4.78, 5) is 2.78. The fraction of sp³-hybridized carbons (Fsp3) is 0.286. The number of hydrogen-bond donors (Lipinski definition) is 2. The van der Waals surface area contributed by atoms with Crippen molar-refractivity contribution in [1.82, 2.24) is 0 Å². The van der Waals surface area contributed by atoms with Crippen molar-refractivity contribution >= 4 is 27.0 Å². The summed E-state index contributed by atoms with van der Waals surface area (Å²) >= 11 is 1.80. The van der Waals surface area contributed by atoms with Crippen LogP contribution in [-0.4, -0.2) is 14.5 Å². The monoisotopic (exact) mass is 310 g/mol. The molecule has 20 heavy (non-hydrogen) atoms. The van der Waals surface area contributed by atoms with Crippen molar-refractivity contribution < 1.29 is 8.42 Å². The summed E-state index contributed by atoms with van der Waals surface area (Å²) in [6.07, 6.45) is 0.940. The van der Waals surface area contributed by atoms with Gasteiger partial charge in [0.1, 0.15) is 0 Å². The predicted octanol–water partition coefficient (Wildman–Crippen LogP) is 2.75. The lowest BCUT2D eigenvalue weighted by Crippen LogP contribution is -2.17. The van der Waals surface area contributed by atoms with Gasteiger partial charge >= 0.3 is 0 Å². The van der Waals surface area contributed by atoms with E-state index in [1.54, 1.807) is 23.5 Å². The van der Waals surface area contributed by atoms with E-state index >= 15 is 0 Å². The molecule has 2 rings (SSSR count). The van der Waals surface area contributed by atoms with E-state index in [4.69, 9.17) is 5.14 Å². The van der Waals surface area contributed by atoms with Crippen LogP contribution in [0, 0.1) is 6.92 Å². The van der Waals surface area contributed by atoms with Gasteiger partial charge in [-0.25, -0.2) is 13.6 Å². The molecular weight excluding hydrogens is 292 g/mol. The Balaban J connectivity index is 1.99. The molecule has 0 aliphatic rings. The van der Waals surface area contributed by atoms with Crippen LogP contribution in [0.5, 0.6) is 0 Å². The molecule has 4 nitrogen and oxygen atoms in total. The van der Waals surface area contributed by atoms with Gasteiger partial charge in [-0.3, -0.25) is 0 Å². The molecule has 0 saturated carbocycles. The van der Waals surface area contributed by atoms with Gasteiger partial charge in [-0.15, -0.1) is 11.3 Å². The van der Waals surface area contributed by atoms with Gasteiger partial charge in [0.2, 0.25) is 10.0 Å². The standard InChI is InChI=1S/C14H18N2O2S2/c1-10(9-13-6-3-11(2)19-13)16-12-4-7-14(8-5-12)20(15,17)18/h3-8,10,16H,9H2,1-2H3,(H2,15,17,18). The second kappa shape index (κ2) is 5.95. The molecule has 1 atom stereocenters. The number of hydrogen-bond acceptors (Lipinski definition) is 4. The zero-order chi connectivity index (χ0) is 14.8. The predicted molar refractivity (Wildman–Crippen MR) is 83.7 cm³/mol. The Morgan fingerprint density at radius 1 is 1.20 bits per heavy atom. The molecule has 0 bridgehead atoms. The van der Waals surface area contributed by atoms with Gasteiger partial charge in [0.05, 0.1) is 4.90 Å². The second-order valence-corrected chi connectivity index (χ2v) is 7.77. The molecule has 0 aliphatic heterocycles. The quantitative estimate of drug-likeness (QED) is 0.892. The van der Waals surface area contributed by atoms with Crippen LogP contribution < -0.4 is 10.5 Å². The zero-order valence-electron chi connectivity index (χ0n) is 11.5. The van der Waals surface area contributed by atoms with Gasteiger partial charge in [-0.2, -0.15) is 0 Å². The second-order valence-electron chi connectivity index (χ2n) is 4.83. The number of thiophene rings is 1. The number of sulfonamides is 1. The maximum absolute atomic E-state index is 11.2. The van der Waals surface area contributed by atoms with Crippen LogP contribution in [0.3, 0.4) is 0 Å². The number of rotatable bonds is 5. The Labute approximate surface area is 123 Å². The maximum atomic E-state index is 11.2. The third-order valence-electron chi connectivity index (χ3n) is 2.90.